The Morgan fingerprint density at radius 3 is 2.49 bits per heavy atom. The molecule has 0 aromatic heterocycles. The van der Waals surface area contributed by atoms with E-state index in [1.165, 1.54) is 18.7 Å². The first-order valence-electron chi connectivity index (χ1n) is 13.9. The van der Waals surface area contributed by atoms with Crippen LogP contribution in [0.15, 0.2) is 12.1 Å². The van der Waals surface area contributed by atoms with Gasteiger partial charge in [0.1, 0.15) is 5.75 Å². The van der Waals surface area contributed by atoms with Crippen LogP contribution in [0, 0.1) is 11.8 Å². The number of rotatable bonds is 9. The first kappa shape index (κ1) is 32.2. The summed E-state index contributed by atoms with van der Waals surface area (Å²) < 4.78 is 48.0. The Balaban J connectivity index is 1.85. The summed E-state index contributed by atoms with van der Waals surface area (Å²) in [5, 5.41) is 5.24. The quantitative estimate of drug-likeness (QED) is 0.409. The van der Waals surface area contributed by atoms with Crippen LogP contribution in [-0.4, -0.2) is 72.9 Å². The average Bonchev–Trinajstić information content (AvgIpc) is 2.91. The maximum atomic E-state index is 14.1. The van der Waals surface area contributed by atoms with Crippen molar-refractivity contribution >= 4 is 29.3 Å². The zero-order valence-electron chi connectivity index (χ0n) is 24.2. The lowest BCUT2D eigenvalue weighted by Crippen LogP contribution is -2.54. The van der Waals surface area contributed by atoms with Gasteiger partial charge in [-0.25, -0.2) is 0 Å². The highest BCUT2D eigenvalue weighted by Crippen LogP contribution is 2.43. The van der Waals surface area contributed by atoms with E-state index in [0.29, 0.717) is 25.9 Å². The topological polar surface area (TPSA) is 134 Å². The molecule has 2 heterocycles. The number of benzene rings is 1. The van der Waals surface area contributed by atoms with Gasteiger partial charge in [0.15, 0.2) is 5.60 Å². The van der Waals surface area contributed by atoms with Crippen LogP contribution in [0.3, 0.4) is 0 Å². The number of halogens is 3. The number of hydrogen-bond acceptors (Lipinski definition) is 6. The maximum absolute atomic E-state index is 14.1. The van der Waals surface area contributed by atoms with Gasteiger partial charge in [-0.05, 0) is 50.7 Å². The van der Waals surface area contributed by atoms with Gasteiger partial charge in [-0.1, -0.05) is 20.8 Å². The van der Waals surface area contributed by atoms with Crippen LogP contribution in [0.25, 0.3) is 0 Å². The molecule has 0 spiro atoms. The molecule has 13 heteroatoms. The number of nitrogens with two attached hydrogens (primary N) is 1. The molecule has 0 radical (unpaired) electrons. The van der Waals surface area contributed by atoms with E-state index in [-0.39, 0.29) is 61.1 Å². The first-order chi connectivity index (χ1) is 19.1. The normalized spacial score (nSPS) is 19.4. The summed E-state index contributed by atoms with van der Waals surface area (Å²) in [6.07, 6.45) is -3.28. The number of fused-ring (bicyclic) bond motifs is 1. The Labute approximate surface area is 238 Å². The van der Waals surface area contributed by atoms with Crippen molar-refractivity contribution in [2.45, 2.75) is 71.7 Å². The van der Waals surface area contributed by atoms with E-state index in [4.69, 9.17) is 10.5 Å². The van der Waals surface area contributed by atoms with Gasteiger partial charge in [-0.15, -0.1) is 0 Å². The van der Waals surface area contributed by atoms with Crippen molar-refractivity contribution < 1.29 is 37.1 Å². The lowest BCUT2D eigenvalue weighted by Gasteiger charge is -2.39. The third-order valence-corrected chi connectivity index (χ3v) is 7.43. The van der Waals surface area contributed by atoms with Crippen LogP contribution < -0.4 is 26.0 Å². The van der Waals surface area contributed by atoms with Crippen molar-refractivity contribution in [1.29, 1.82) is 0 Å². The highest BCUT2D eigenvalue weighted by atomic mass is 19.4. The summed E-state index contributed by atoms with van der Waals surface area (Å²) in [5.41, 5.74) is 2.71. The van der Waals surface area contributed by atoms with Gasteiger partial charge in [-0.2, -0.15) is 13.2 Å². The van der Waals surface area contributed by atoms with Crippen molar-refractivity contribution in [2.75, 3.05) is 37.6 Å². The molecule has 4 N–H and O–H groups in total. The summed E-state index contributed by atoms with van der Waals surface area (Å²) in [7, 11) is 0. The van der Waals surface area contributed by atoms with Crippen molar-refractivity contribution in [1.82, 2.24) is 15.5 Å². The predicted molar refractivity (Wildman–Crippen MR) is 146 cm³/mol. The number of hydrogen-bond donors (Lipinski definition) is 3. The van der Waals surface area contributed by atoms with Crippen LogP contribution in [0.1, 0.15) is 69.8 Å². The summed E-state index contributed by atoms with van der Waals surface area (Å²) in [5.74, 6) is -2.31. The number of nitrogens with one attached hydrogen (secondary N) is 2. The van der Waals surface area contributed by atoms with Gasteiger partial charge >= 0.3 is 6.18 Å². The van der Waals surface area contributed by atoms with Gasteiger partial charge in [0.2, 0.25) is 11.8 Å². The molecular formula is C28H40F3N5O5. The highest BCUT2D eigenvalue weighted by Gasteiger charge is 2.44. The SMILES string of the molecule is CCC(=O)NCCN1C(=O)C(C)(C)Oc2cc(C(F)(F)F)c(C(=O)NC[C@@H]3CCCN(C(=O)[C@@H](N)C(C)C)C3)cc21. The summed E-state index contributed by atoms with van der Waals surface area (Å²) >= 11 is 0. The third kappa shape index (κ3) is 7.49. The average molecular weight is 584 g/mol. The second kappa shape index (κ2) is 12.7. The van der Waals surface area contributed by atoms with Crippen molar-refractivity contribution in [3.05, 3.63) is 23.3 Å². The molecule has 0 unspecified atom stereocenters. The molecule has 1 aromatic carbocycles. The molecule has 1 saturated heterocycles. The fourth-order valence-corrected chi connectivity index (χ4v) is 4.95. The van der Waals surface area contributed by atoms with E-state index in [2.05, 4.69) is 10.6 Å². The Morgan fingerprint density at radius 2 is 1.88 bits per heavy atom. The van der Waals surface area contributed by atoms with Crippen LogP contribution >= 0.6 is 0 Å². The molecule has 2 aliphatic heterocycles. The molecule has 2 atom stereocenters. The highest BCUT2D eigenvalue weighted by molar-refractivity contribution is 6.05. The van der Waals surface area contributed by atoms with Crippen molar-refractivity contribution in [3.8, 4) is 5.75 Å². The number of likely N-dealkylation sites (tertiary alicyclic amines) is 1. The molecule has 1 aromatic rings. The molecule has 1 fully saturated rings. The Kier molecular flexibility index (Phi) is 9.94. The van der Waals surface area contributed by atoms with Gasteiger partial charge in [0.05, 0.1) is 22.9 Å². The molecule has 0 bridgehead atoms. The number of carbonyl (C=O) groups is 4. The standard InChI is InChI=1S/C28H40F3N5O5/c1-6-22(37)33-9-11-36-20-12-18(19(28(29,30)31)13-21(20)41-27(4,5)26(36)40)24(38)34-14-17-8-7-10-35(15-17)25(39)23(32)16(2)3/h12-13,16-17,23H,6-11,14-15,32H2,1-5H3,(H,33,37)(H,34,38)/t17-,23-/m0/s1. The molecule has 3 rings (SSSR count). The molecule has 10 nitrogen and oxygen atoms in total. The number of anilines is 1. The predicted octanol–water partition coefficient (Wildman–Crippen LogP) is 2.69. The third-order valence-electron chi connectivity index (χ3n) is 7.43. The smallest absolute Gasteiger partial charge is 0.417 e. The minimum Gasteiger partial charge on any atom is -0.476 e. The molecule has 0 aliphatic carbocycles. The number of ether oxygens (including phenoxy) is 1. The second-order valence-electron chi connectivity index (χ2n) is 11.4. The van der Waals surface area contributed by atoms with Gasteiger partial charge in [0.25, 0.3) is 11.8 Å². The van der Waals surface area contributed by atoms with Crippen molar-refractivity contribution in [3.63, 3.8) is 0 Å². The lowest BCUT2D eigenvalue weighted by molar-refractivity contribution is -0.138. The van der Waals surface area contributed by atoms with Gasteiger partial charge in [-0.3, -0.25) is 19.2 Å². The number of amides is 4. The number of piperidine rings is 1. The van der Waals surface area contributed by atoms with Crippen LogP contribution in [0.5, 0.6) is 5.75 Å². The number of carbonyl (C=O) groups excluding carboxylic acids is 4. The van der Waals surface area contributed by atoms with Gasteiger partial charge < -0.3 is 30.9 Å². The van der Waals surface area contributed by atoms with E-state index >= 15 is 0 Å². The Hall–Kier alpha value is -3.35. The van der Waals surface area contributed by atoms with E-state index in [0.717, 1.165) is 12.1 Å². The largest absolute Gasteiger partial charge is 0.476 e. The van der Waals surface area contributed by atoms with E-state index in [9.17, 15) is 32.3 Å². The zero-order chi connectivity index (χ0) is 30.7. The minimum absolute atomic E-state index is 0.00957. The summed E-state index contributed by atoms with van der Waals surface area (Å²) in [6, 6.07) is 1.10. The Bertz CT molecular complexity index is 1170. The molecule has 41 heavy (non-hydrogen) atoms. The number of nitrogens with zero attached hydrogens (tertiary/aromatic N) is 2. The van der Waals surface area contributed by atoms with Crippen LogP contribution in [0.2, 0.25) is 0 Å². The van der Waals surface area contributed by atoms with E-state index in [1.807, 2.05) is 13.8 Å². The molecule has 0 saturated carbocycles. The Morgan fingerprint density at radius 1 is 1.20 bits per heavy atom. The fraction of sp³-hybridized carbons (Fsp3) is 0.643. The summed E-state index contributed by atoms with van der Waals surface area (Å²) in [6.45, 7) is 9.22. The minimum atomic E-state index is -4.88. The molecule has 2 aliphatic rings. The molecular weight excluding hydrogens is 543 g/mol. The monoisotopic (exact) mass is 583 g/mol. The molecule has 228 valence electrons. The van der Waals surface area contributed by atoms with Gasteiger partial charge in [0, 0.05) is 39.1 Å². The number of alkyl halides is 3. The molecule has 4 amide bonds. The second-order valence-corrected chi connectivity index (χ2v) is 11.4. The van der Waals surface area contributed by atoms with E-state index < -0.39 is 40.8 Å². The zero-order valence-corrected chi connectivity index (χ0v) is 24.2. The summed E-state index contributed by atoms with van der Waals surface area (Å²) in [4.78, 5) is 53.6. The van der Waals surface area contributed by atoms with E-state index in [1.54, 1.807) is 11.8 Å². The van der Waals surface area contributed by atoms with Crippen molar-refractivity contribution in [2.24, 2.45) is 17.6 Å². The first-order valence-corrected chi connectivity index (χ1v) is 13.9. The van der Waals surface area contributed by atoms with Crippen LogP contribution in [-0.2, 0) is 20.6 Å². The van der Waals surface area contributed by atoms with Crippen LogP contribution in [0.4, 0.5) is 18.9 Å². The lowest BCUT2D eigenvalue weighted by atomic mass is 9.95. The maximum Gasteiger partial charge on any atom is 0.417 e. The fourth-order valence-electron chi connectivity index (χ4n) is 4.95.